The van der Waals surface area contributed by atoms with E-state index in [-0.39, 0.29) is 16.0 Å². The number of thioether (sulfide) groups is 1. The molecule has 2 heterocycles. The number of amidine groups is 1. The average molecular weight is 414 g/mol. The third-order valence-corrected chi connectivity index (χ3v) is 4.31. The van der Waals surface area contributed by atoms with Gasteiger partial charge >= 0.3 is 0 Å². The number of aromatic nitrogens is 5. The van der Waals surface area contributed by atoms with Gasteiger partial charge in [0.05, 0.1) is 15.9 Å². The normalized spacial score (nSPS) is 11.7. The first-order chi connectivity index (χ1) is 11.7. The van der Waals surface area contributed by atoms with Gasteiger partial charge in [-0.1, -0.05) is 11.8 Å². The van der Waals surface area contributed by atoms with Crippen molar-refractivity contribution in [3.05, 3.63) is 46.3 Å². The molecule has 0 unspecified atom stereocenters. The first-order valence-electron chi connectivity index (χ1n) is 6.42. The van der Waals surface area contributed by atoms with Gasteiger partial charge in [0.1, 0.15) is 18.0 Å². The Morgan fingerprint density at radius 2 is 2.33 bits per heavy atom. The van der Waals surface area contributed by atoms with Crippen molar-refractivity contribution in [3.63, 3.8) is 0 Å². The number of nitrogens with one attached hydrogen (secondary N) is 2. The molecule has 2 aromatic heterocycles. The van der Waals surface area contributed by atoms with Gasteiger partial charge in [-0.05, 0) is 44.4 Å². The Hall–Kier alpha value is -2.31. The van der Waals surface area contributed by atoms with E-state index in [2.05, 4.69) is 46.4 Å². The Bertz CT molecular complexity index is 855. The summed E-state index contributed by atoms with van der Waals surface area (Å²) in [6, 6.07) is 4.16. The van der Waals surface area contributed by atoms with Crippen molar-refractivity contribution >= 4 is 39.2 Å². The van der Waals surface area contributed by atoms with Crippen LogP contribution >= 0.6 is 27.7 Å². The van der Waals surface area contributed by atoms with Crippen LogP contribution in [-0.4, -0.2) is 36.5 Å². The summed E-state index contributed by atoms with van der Waals surface area (Å²) in [5.41, 5.74) is 2.56. The standard InChI is InChI=1S/C12H9BrFN7O2S/c13-7-3-6(1-2-8(7)14)17-11(19-22)10-12(21-23-20-10)24-4-9-15-5-16-18-9/h1-3,5,22H,4H2,(H,17,19)(H,15,16,18). The third kappa shape index (κ3) is 3.77. The Kier molecular flexibility index (Phi) is 5.17. The maximum absolute atomic E-state index is 13.3. The van der Waals surface area contributed by atoms with Gasteiger partial charge in [0.2, 0.25) is 0 Å². The van der Waals surface area contributed by atoms with Crippen molar-refractivity contribution in [1.82, 2.24) is 31.0 Å². The maximum atomic E-state index is 13.3. The summed E-state index contributed by atoms with van der Waals surface area (Å²) in [5.74, 6) is 0.683. The van der Waals surface area contributed by atoms with Crippen LogP contribution in [0.1, 0.15) is 11.5 Å². The van der Waals surface area contributed by atoms with Crippen LogP contribution in [0.3, 0.4) is 0 Å². The zero-order valence-corrected chi connectivity index (χ0v) is 14.2. The second kappa shape index (κ2) is 7.51. The van der Waals surface area contributed by atoms with Gasteiger partial charge in [-0.15, -0.1) is 10.2 Å². The molecule has 124 valence electrons. The Labute approximate surface area is 146 Å². The van der Waals surface area contributed by atoms with Gasteiger partial charge in [-0.3, -0.25) is 10.7 Å². The maximum Gasteiger partial charge on any atom is 0.186 e. The van der Waals surface area contributed by atoms with E-state index < -0.39 is 5.82 Å². The molecule has 0 aliphatic heterocycles. The lowest BCUT2D eigenvalue weighted by atomic mass is 10.3. The Balaban J connectivity index is 1.84. The van der Waals surface area contributed by atoms with Crippen molar-refractivity contribution in [1.29, 1.82) is 0 Å². The number of hydrogen-bond acceptors (Lipinski definition) is 8. The van der Waals surface area contributed by atoms with Gasteiger partial charge in [0, 0.05) is 0 Å². The van der Waals surface area contributed by atoms with Crippen molar-refractivity contribution in [2.75, 3.05) is 0 Å². The molecule has 0 radical (unpaired) electrons. The summed E-state index contributed by atoms with van der Waals surface area (Å²) in [4.78, 5) is 7.03. The van der Waals surface area contributed by atoms with Crippen molar-refractivity contribution < 1.29 is 14.2 Å². The summed E-state index contributed by atoms with van der Waals surface area (Å²) in [7, 11) is 0. The first kappa shape index (κ1) is 16.5. The van der Waals surface area contributed by atoms with Crippen LogP contribution in [0.2, 0.25) is 0 Å². The van der Waals surface area contributed by atoms with Gasteiger partial charge in [0.25, 0.3) is 0 Å². The smallest absolute Gasteiger partial charge is 0.186 e. The van der Waals surface area contributed by atoms with Crippen molar-refractivity contribution in [2.24, 2.45) is 4.99 Å². The molecule has 0 saturated heterocycles. The molecule has 0 fully saturated rings. The molecule has 12 heteroatoms. The van der Waals surface area contributed by atoms with E-state index in [1.807, 2.05) is 5.48 Å². The fraction of sp³-hybridized carbons (Fsp3) is 0.0833. The Morgan fingerprint density at radius 3 is 3.04 bits per heavy atom. The molecular formula is C12H9BrFN7O2S. The number of rotatable bonds is 5. The Morgan fingerprint density at radius 1 is 1.46 bits per heavy atom. The number of halogens is 2. The van der Waals surface area contributed by atoms with E-state index >= 15 is 0 Å². The molecule has 0 amide bonds. The zero-order valence-electron chi connectivity index (χ0n) is 11.8. The molecule has 24 heavy (non-hydrogen) atoms. The second-order valence-electron chi connectivity index (χ2n) is 4.31. The van der Waals surface area contributed by atoms with Crippen LogP contribution in [-0.2, 0) is 5.75 Å². The SMILES string of the molecule is ONC(=Nc1ccc(F)c(Br)c1)c1nonc1SCc1nnc[nH]1. The zero-order chi connectivity index (χ0) is 16.9. The lowest BCUT2D eigenvalue weighted by Crippen LogP contribution is -2.21. The van der Waals surface area contributed by atoms with E-state index in [1.165, 1.54) is 36.3 Å². The predicted octanol–water partition coefficient (Wildman–Crippen LogP) is 2.44. The van der Waals surface area contributed by atoms with E-state index in [9.17, 15) is 9.60 Å². The van der Waals surface area contributed by atoms with Crippen LogP contribution in [0.25, 0.3) is 0 Å². The second-order valence-corrected chi connectivity index (χ2v) is 6.13. The summed E-state index contributed by atoms with van der Waals surface area (Å²) < 4.78 is 18.2. The van der Waals surface area contributed by atoms with Crippen LogP contribution < -0.4 is 5.48 Å². The molecule has 3 rings (SSSR count). The van der Waals surface area contributed by atoms with Crippen LogP contribution in [0.4, 0.5) is 10.1 Å². The number of aromatic amines is 1. The largest absolute Gasteiger partial charge is 0.331 e. The van der Waals surface area contributed by atoms with E-state index in [0.29, 0.717) is 22.3 Å². The number of aliphatic imine (C=N–C) groups is 1. The van der Waals surface area contributed by atoms with Gasteiger partial charge < -0.3 is 4.98 Å². The molecule has 0 saturated carbocycles. The molecular weight excluding hydrogens is 405 g/mol. The number of benzene rings is 1. The number of hydrogen-bond donors (Lipinski definition) is 3. The highest BCUT2D eigenvalue weighted by Gasteiger charge is 2.18. The third-order valence-electron chi connectivity index (χ3n) is 2.75. The first-order valence-corrected chi connectivity index (χ1v) is 8.19. The summed E-state index contributed by atoms with van der Waals surface area (Å²) in [6.07, 6.45) is 1.46. The molecule has 3 aromatic rings. The summed E-state index contributed by atoms with van der Waals surface area (Å²) in [5, 5.41) is 24.8. The van der Waals surface area contributed by atoms with Crippen LogP contribution in [0, 0.1) is 5.82 Å². The molecule has 0 bridgehead atoms. The lowest BCUT2D eigenvalue weighted by Gasteiger charge is -2.03. The predicted molar refractivity (Wildman–Crippen MR) is 85.5 cm³/mol. The van der Waals surface area contributed by atoms with Gasteiger partial charge in [0.15, 0.2) is 16.6 Å². The quantitative estimate of drug-likeness (QED) is 0.252. The number of H-pyrrole nitrogens is 1. The lowest BCUT2D eigenvalue weighted by molar-refractivity contribution is 0.234. The van der Waals surface area contributed by atoms with Gasteiger partial charge in [-0.25, -0.2) is 14.0 Å². The fourth-order valence-electron chi connectivity index (χ4n) is 1.67. The summed E-state index contributed by atoms with van der Waals surface area (Å²) >= 11 is 4.34. The molecule has 0 aliphatic rings. The van der Waals surface area contributed by atoms with Crippen molar-refractivity contribution in [3.8, 4) is 0 Å². The molecule has 1 aromatic carbocycles. The number of nitrogens with zero attached hydrogens (tertiary/aromatic N) is 5. The van der Waals surface area contributed by atoms with E-state index in [1.54, 1.807) is 0 Å². The molecule has 3 N–H and O–H groups in total. The highest BCUT2D eigenvalue weighted by molar-refractivity contribution is 9.10. The van der Waals surface area contributed by atoms with Crippen molar-refractivity contribution in [2.45, 2.75) is 10.8 Å². The highest BCUT2D eigenvalue weighted by Crippen LogP contribution is 2.25. The highest BCUT2D eigenvalue weighted by atomic mass is 79.9. The molecule has 0 spiro atoms. The molecule has 0 atom stereocenters. The van der Waals surface area contributed by atoms with E-state index in [0.717, 1.165) is 0 Å². The monoisotopic (exact) mass is 413 g/mol. The minimum atomic E-state index is -0.418. The average Bonchev–Trinajstić information content (AvgIpc) is 3.25. The fourth-order valence-corrected chi connectivity index (χ4v) is 2.81. The van der Waals surface area contributed by atoms with Crippen LogP contribution in [0.5, 0.6) is 0 Å². The summed E-state index contributed by atoms with van der Waals surface area (Å²) in [6.45, 7) is 0. The van der Waals surface area contributed by atoms with Gasteiger partial charge in [-0.2, -0.15) is 0 Å². The number of hydroxylamine groups is 1. The van der Waals surface area contributed by atoms with E-state index in [4.69, 9.17) is 4.63 Å². The topological polar surface area (TPSA) is 125 Å². The molecule has 0 aliphatic carbocycles. The minimum absolute atomic E-state index is 0.00910. The van der Waals surface area contributed by atoms with Crippen LogP contribution in [0.15, 0.2) is 43.6 Å². The molecule has 9 nitrogen and oxygen atoms in total. The minimum Gasteiger partial charge on any atom is -0.331 e.